The van der Waals surface area contributed by atoms with Crippen molar-refractivity contribution in [2.24, 2.45) is 5.92 Å². The standard InChI is InChI=1S/C41H54N2O11/c1-28(2)40(46)53-30(4)54-41(47)43-25-35(45)39(38(26-43)52-24-23-51-37-14-9-6-11-31(37)19-20-42-29(3)44)32-15-17-34(18-16-32)50-22-10-21-49-27-33-12-7-8-13-36(33)48-5/h6-9,11-18,28,30,35,38-39,45H,10,19-27H2,1-5H3,(H,42,44)/t30?,35-,38+,39+/m1/s1. The number of amides is 2. The van der Waals surface area contributed by atoms with Crippen molar-refractivity contribution in [3.05, 3.63) is 89.5 Å². The van der Waals surface area contributed by atoms with Gasteiger partial charge in [0.05, 0.1) is 64.8 Å². The maximum atomic E-state index is 13.2. The van der Waals surface area contributed by atoms with Crippen LogP contribution in [0.1, 0.15) is 56.7 Å². The number of nitrogens with zero attached hydrogens (tertiary/aromatic N) is 1. The molecule has 0 bridgehead atoms. The summed E-state index contributed by atoms with van der Waals surface area (Å²) in [7, 11) is 1.64. The van der Waals surface area contributed by atoms with Gasteiger partial charge in [-0.15, -0.1) is 0 Å². The molecule has 1 aliphatic heterocycles. The number of esters is 1. The Hall–Kier alpha value is -4.85. The molecule has 0 radical (unpaired) electrons. The average Bonchev–Trinajstić information content (AvgIpc) is 3.15. The van der Waals surface area contributed by atoms with E-state index in [0.717, 1.165) is 22.4 Å². The summed E-state index contributed by atoms with van der Waals surface area (Å²) in [6.45, 7) is 8.72. The van der Waals surface area contributed by atoms with Gasteiger partial charge in [-0.25, -0.2) is 4.79 Å². The van der Waals surface area contributed by atoms with Gasteiger partial charge in [0.1, 0.15) is 23.9 Å². The van der Waals surface area contributed by atoms with Crippen LogP contribution < -0.4 is 19.5 Å². The van der Waals surface area contributed by atoms with E-state index in [1.807, 2.05) is 72.8 Å². The second-order valence-electron chi connectivity index (χ2n) is 13.3. The van der Waals surface area contributed by atoms with Gasteiger partial charge in [0, 0.05) is 38.3 Å². The van der Waals surface area contributed by atoms with Crippen LogP contribution in [0.15, 0.2) is 72.8 Å². The third-order valence-electron chi connectivity index (χ3n) is 8.73. The smallest absolute Gasteiger partial charge is 0.413 e. The number of rotatable bonds is 20. The molecule has 0 aliphatic carbocycles. The summed E-state index contributed by atoms with van der Waals surface area (Å²) < 4.78 is 40.1. The number of hydrogen-bond acceptors (Lipinski definition) is 11. The molecule has 2 N–H and O–H groups in total. The molecule has 1 saturated heterocycles. The first-order valence-electron chi connectivity index (χ1n) is 18.4. The maximum Gasteiger partial charge on any atom is 0.413 e. The minimum absolute atomic E-state index is 0.0144. The second-order valence-corrected chi connectivity index (χ2v) is 13.3. The lowest BCUT2D eigenvalue weighted by Gasteiger charge is -2.41. The van der Waals surface area contributed by atoms with Gasteiger partial charge in [-0.05, 0) is 41.8 Å². The molecule has 294 valence electrons. The Morgan fingerprint density at radius 3 is 2.24 bits per heavy atom. The van der Waals surface area contributed by atoms with Crippen LogP contribution in [0.4, 0.5) is 4.79 Å². The molecule has 1 heterocycles. The number of benzene rings is 3. The minimum Gasteiger partial charge on any atom is -0.496 e. The molecule has 0 spiro atoms. The molecule has 3 aromatic carbocycles. The molecule has 13 nitrogen and oxygen atoms in total. The number of para-hydroxylation sites is 2. The number of carbonyl (C=O) groups excluding carboxylic acids is 3. The summed E-state index contributed by atoms with van der Waals surface area (Å²) in [5.74, 6) is 0.701. The van der Waals surface area contributed by atoms with Crippen molar-refractivity contribution in [2.75, 3.05) is 53.2 Å². The number of nitrogens with one attached hydrogen (secondary N) is 1. The second kappa shape index (κ2) is 21.8. The van der Waals surface area contributed by atoms with E-state index in [1.54, 1.807) is 21.0 Å². The lowest BCUT2D eigenvalue weighted by molar-refractivity contribution is -0.171. The van der Waals surface area contributed by atoms with Gasteiger partial charge in [0.25, 0.3) is 0 Å². The fourth-order valence-electron chi connectivity index (χ4n) is 5.99. The Balaban J connectivity index is 1.35. The van der Waals surface area contributed by atoms with Gasteiger partial charge in [-0.2, -0.15) is 0 Å². The zero-order chi connectivity index (χ0) is 38.9. The first-order valence-corrected chi connectivity index (χ1v) is 18.4. The maximum absolute atomic E-state index is 13.2. The van der Waals surface area contributed by atoms with Gasteiger partial charge >= 0.3 is 12.1 Å². The highest BCUT2D eigenvalue weighted by Crippen LogP contribution is 2.33. The van der Waals surface area contributed by atoms with E-state index in [9.17, 15) is 19.5 Å². The number of carbonyl (C=O) groups is 3. The number of aliphatic hydroxyl groups excluding tert-OH is 1. The van der Waals surface area contributed by atoms with Gasteiger partial charge < -0.3 is 48.5 Å². The molecule has 1 unspecified atom stereocenters. The summed E-state index contributed by atoms with van der Waals surface area (Å²) in [6, 6.07) is 22.8. The van der Waals surface area contributed by atoms with Gasteiger partial charge in [0.2, 0.25) is 12.2 Å². The highest BCUT2D eigenvalue weighted by molar-refractivity contribution is 5.73. The van der Waals surface area contributed by atoms with Crippen molar-refractivity contribution in [3.8, 4) is 17.2 Å². The zero-order valence-electron chi connectivity index (χ0n) is 31.9. The molecule has 13 heteroatoms. The third-order valence-corrected chi connectivity index (χ3v) is 8.73. The lowest BCUT2D eigenvalue weighted by Crippen LogP contribution is -2.54. The molecule has 1 fully saturated rings. The Morgan fingerprint density at radius 1 is 0.833 bits per heavy atom. The monoisotopic (exact) mass is 750 g/mol. The number of ether oxygens (including phenoxy) is 7. The van der Waals surface area contributed by atoms with Crippen molar-refractivity contribution in [2.45, 2.75) is 71.6 Å². The van der Waals surface area contributed by atoms with Crippen LogP contribution in [0.25, 0.3) is 0 Å². The Bertz CT molecular complexity index is 1620. The van der Waals surface area contributed by atoms with Gasteiger partial charge in [-0.1, -0.05) is 62.4 Å². The lowest BCUT2D eigenvalue weighted by atomic mass is 9.84. The van der Waals surface area contributed by atoms with E-state index >= 15 is 0 Å². The van der Waals surface area contributed by atoms with Crippen molar-refractivity contribution in [1.82, 2.24) is 10.2 Å². The predicted molar refractivity (Wildman–Crippen MR) is 200 cm³/mol. The third kappa shape index (κ3) is 13.2. The molecular weight excluding hydrogens is 696 g/mol. The van der Waals surface area contributed by atoms with E-state index in [-0.39, 0.29) is 38.1 Å². The summed E-state index contributed by atoms with van der Waals surface area (Å²) in [5.41, 5.74) is 2.75. The van der Waals surface area contributed by atoms with E-state index in [4.69, 9.17) is 33.2 Å². The van der Waals surface area contributed by atoms with E-state index in [0.29, 0.717) is 50.7 Å². The molecule has 0 aromatic heterocycles. The molecular formula is C41H54N2O11. The molecule has 4 atom stereocenters. The molecule has 2 amide bonds. The first kappa shape index (κ1) is 41.9. The van der Waals surface area contributed by atoms with Crippen molar-refractivity contribution in [1.29, 1.82) is 0 Å². The fraction of sp³-hybridized carbons (Fsp3) is 0.488. The van der Waals surface area contributed by atoms with Crippen LogP contribution in [0.3, 0.4) is 0 Å². The Morgan fingerprint density at radius 2 is 1.54 bits per heavy atom. The number of piperidine rings is 1. The molecule has 1 aliphatic rings. The van der Waals surface area contributed by atoms with Crippen LogP contribution in [-0.4, -0.2) is 99.6 Å². The highest BCUT2D eigenvalue weighted by atomic mass is 16.7. The van der Waals surface area contributed by atoms with Crippen LogP contribution in [0.2, 0.25) is 0 Å². The van der Waals surface area contributed by atoms with Crippen LogP contribution in [-0.2, 0) is 41.6 Å². The number of hydrogen-bond donors (Lipinski definition) is 2. The van der Waals surface area contributed by atoms with Crippen LogP contribution in [0.5, 0.6) is 17.2 Å². The predicted octanol–water partition coefficient (Wildman–Crippen LogP) is 5.27. The largest absolute Gasteiger partial charge is 0.496 e. The van der Waals surface area contributed by atoms with E-state index in [2.05, 4.69) is 5.32 Å². The van der Waals surface area contributed by atoms with Gasteiger partial charge in [0.15, 0.2) is 0 Å². The summed E-state index contributed by atoms with van der Waals surface area (Å²) >= 11 is 0. The van der Waals surface area contributed by atoms with Gasteiger partial charge in [-0.3, -0.25) is 9.59 Å². The molecule has 4 rings (SSSR count). The number of methoxy groups -OCH3 is 1. The zero-order valence-corrected chi connectivity index (χ0v) is 31.9. The average molecular weight is 751 g/mol. The summed E-state index contributed by atoms with van der Waals surface area (Å²) in [5, 5.41) is 14.2. The SMILES string of the molecule is COc1ccccc1COCCCOc1ccc([C@H]2[C@H](O)CN(C(=O)OC(C)OC(=O)C(C)C)C[C@@H]2OCCOc2ccccc2CCNC(C)=O)cc1. The number of likely N-dealkylation sites (tertiary alicyclic amines) is 1. The topological polar surface area (TPSA) is 151 Å². The summed E-state index contributed by atoms with van der Waals surface area (Å²) in [6.07, 6.45) is -2.16. The summed E-state index contributed by atoms with van der Waals surface area (Å²) in [4.78, 5) is 37.9. The van der Waals surface area contributed by atoms with Crippen molar-refractivity contribution < 1.29 is 52.6 Å². The first-order chi connectivity index (χ1) is 26.0. The number of β-amino-alcohol motifs (C(OH)–C–C–N with tert-alkyl or cyclic N) is 1. The van der Waals surface area contributed by atoms with E-state index < -0.39 is 36.5 Å². The van der Waals surface area contributed by atoms with Crippen molar-refractivity contribution >= 4 is 18.0 Å². The normalized spacial score (nSPS) is 17.4. The quantitative estimate of drug-likeness (QED) is 0.0884. The van der Waals surface area contributed by atoms with Crippen LogP contribution in [0, 0.1) is 5.92 Å². The Labute approximate surface area is 317 Å². The Kier molecular flexibility index (Phi) is 16.9. The minimum atomic E-state index is -1.10. The molecule has 3 aromatic rings. The van der Waals surface area contributed by atoms with Crippen LogP contribution >= 0.6 is 0 Å². The van der Waals surface area contributed by atoms with Crippen molar-refractivity contribution in [3.63, 3.8) is 0 Å². The molecule has 54 heavy (non-hydrogen) atoms. The van der Waals surface area contributed by atoms with E-state index in [1.165, 1.54) is 18.7 Å². The highest BCUT2D eigenvalue weighted by Gasteiger charge is 2.40. The molecule has 0 saturated carbocycles. The fourth-order valence-corrected chi connectivity index (χ4v) is 5.99. The number of aliphatic hydroxyl groups is 1.